The number of aryl methyl sites for hydroxylation is 2. The van der Waals surface area contributed by atoms with Crippen molar-refractivity contribution in [1.82, 2.24) is 15.3 Å². The number of carbonyl (C=O) groups excluding carboxylic acids is 1. The number of fused-ring (bicyclic) bond motifs is 1. The molecule has 1 amide bonds. The number of thioether (sulfide) groups is 1. The minimum absolute atomic E-state index is 0.00961. The molecule has 0 aliphatic rings. The standard InChI is InChI=1S/C18H18BrN3OS2/c1-10-12(3)25-18-16(10)17(20-9-21-18)24-8-15(23)22-11(2)13-6-4-5-7-14(13)19/h4-7,9,11H,8H2,1-3H3,(H,22,23). The summed E-state index contributed by atoms with van der Waals surface area (Å²) < 4.78 is 0.998. The Labute approximate surface area is 163 Å². The molecule has 0 saturated heterocycles. The molecule has 0 aliphatic heterocycles. The molecule has 1 unspecified atom stereocenters. The molecular weight excluding hydrogens is 418 g/mol. The Morgan fingerprint density at radius 3 is 2.84 bits per heavy atom. The quantitative estimate of drug-likeness (QED) is 0.450. The minimum atomic E-state index is -0.0563. The maximum atomic E-state index is 12.3. The zero-order valence-corrected chi connectivity index (χ0v) is 17.4. The van der Waals surface area contributed by atoms with E-state index in [0.29, 0.717) is 5.75 Å². The first-order valence-corrected chi connectivity index (χ1v) is 10.4. The number of rotatable bonds is 5. The van der Waals surface area contributed by atoms with Gasteiger partial charge in [0.05, 0.1) is 11.8 Å². The molecule has 0 fully saturated rings. The van der Waals surface area contributed by atoms with Crippen LogP contribution in [-0.4, -0.2) is 21.6 Å². The van der Waals surface area contributed by atoms with Crippen LogP contribution in [0.15, 0.2) is 40.1 Å². The second-order valence-corrected chi connectivity index (χ2v) is 8.76. The van der Waals surface area contributed by atoms with Gasteiger partial charge in [-0.15, -0.1) is 11.3 Å². The second-order valence-electron chi connectivity index (χ2n) is 5.74. The molecule has 0 aliphatic carbocycles. The lowest BCUT2D eigenvalue weighted by Crippen LogP contribution is -2.28. The molecule has 1 atom stereocenters. The highest BCUT2D eigenvalue weighted by Gasteiger charge is 2.15. The van der Waals surface area contributed by atoms with E-state index in [1.165, 1.54) is 22.2 Å². The van der Waals surface area contributed by atoms with Crippen molar-refractivity contribution in [3.63, 3.8) is 0 Å². The van der Waals surface area contributed by atoms with Crippen LogP contribution >= 0.6 is 39.0 Å². The van der Waals surface area contributed by atoms with Crippen LogP contribution in [0.5, 0.6) is 0 Å². The lowest BCUT2D eigenvalue weighted by Gasteiger charge is -2.15. The molecule has 1 aromatic carbocycles. The highest BCUT2D eigenvalue weighted by atomic mass is 79.9. The predicted octanol–water partition coefficient (Wildman–Crippen LogP) is 5.04. The zero-order chi connectivity index (χ0) is 18.0. The van der Waals surface area contributed by atoms with E-state index in [2.05, 4.69) is 45.1 Å². The number of hydrogen-bond acceptors (Lipinski definition) is 5. The fourth-order valence-corrected chi connectivity index (χ4v) is 5.14. The summed E-state index contributed by atoms with van der Waals surface area (Å²) in [6.45, 7) is 6.15. The van der Waals surface area contributed by atoms with Crippen molar-refractivity contribution in [2.45, 2.75) is 31.8 Å². The third-order valence-corrected chi connectivity index (χ3v) is 6.85. The number of halogens is 1. The van der Waals surface area contributed by atoms with E-state index in [-0.39, 0.29) is 11.9 Å². The van der Waals surface area contributed by atoms with Crippen molar-refractivity contribution in [3.8, 4) is 0 Å². The van der Waals surface area contributed by atoms with Crippen molar-refractivity contribution in [1.29, 1.82) is 0 Å². The van der Waals surface area contributed by atoms with Crippen LogP contribution in [-0.2, 0) is 4.79 Å². The van der Waals surface area contributed by atoms with Crippen molar-refractivity contribution >= 4 is 55.2 Å². The lowest BCUT2D eigenvalue weighted by molar-refractivity contribution is -0.119. The van der Waals surface area contributed by atoms with E-state index in [1.54, 1.807) is 17.7 Å². The van der Waals surface area contributed by atoms with Gasteiger partial charge < -0.3 is 5.32 Å². The number of benzene rings is 1. The number of hydrogen-bond donors (Lipinski definition) is 1. The van der Waals surface area contributed by atoms with Gasteiger partial charge in [0, 0.05) is 14.7 Å². The number of nitrogens with one attached hydrogen (secondary N) is 1. The van der Waals surface area contributed by atoms with Crippen LogP contribution in [0.2, 0.25) is 0 Å². The summed E-state index contributed by atoms with van der Waals surface area (Å²) in [6, 6.07) is 7.86. The van der Waals surface area contributed by atoms with Crippen LogP contribution in [0.25, 0.3) is 10.2 Å². The van der Waals surface area contributed by atoms with E-state index in [4.69, 9.17) is 0 Å². The highest BCUT2D eigenvalue weighted by Crippen LogP contribution is 2.34. The van der Waals surface area contributed by atoms with Gasteiger partial charge in [0.2, 0.25) is 5.91 Å². The monoisotopic (exact) mass is 435 g/mol. The average Bonchev–Trinajstić information content (AvgIpc) is 2.88. The Kier molecular flexibility index (Phi) is 5.76. The first kappa shape index (κ1) is 18.4. The van der Waals surface area contributed by atoms with Gasteiger partial charge >= 0.3 is 0 Å². The molecule has 2 aromatic heterocycles. The molecule has 4 nitrogen and oxygen atoms in total. The third-order valence-electron chi connectivity index (χ3n) is 4.02. The summed E-state index contributed by atoms with van der Waals surface area (Å²) in [4.78, 5) is 23.3. The number of nitrogens with zero attached hydrogens (tertiary/aromatic N) is 2. The Bertz CT molecular complexity index is 926. The van der Waals surface area contributed by atoms with Gasteiger partial charge in [-0.2, -0.15) is 0 Å². The van der Waals surface area contributed by atoms with Gasteiger partial charge in [0.1, 0.15) is 16.2 Å². The molecule has 25 heavy (non-hydrogen) atoms. The molecule has 7 heteroatoms. The van der Waals surface area contributed by atoms with Gasteiger partial charge in [-0.25, -0.2) is 9.97 Å². The van der Waals surface area contributed by atoms with E-state index in [9.17, 15) is 4.79 Å². The van der Waals surface area contributed by atoms with Crippen molar-refractivity contribution in [2.75, 3.05) is 5.75 Å². The van der Waals surface area contributed by atoms with Crippen molar-refractivity contribution in [2.24, 2.45) is 0 Å². The molecular formula is C18H18BrN3OS2. The molecule has 3 rings (SSSR count). The summed E-state index contributed by atoms with van der Waals surface area (Å²) in [5.74, 6) is 0.319. The fraction of sp³-hybridized carbons (Fsp3) is 0.278. The van der Waals surface area contributed by atoms with Crippen molar-refractivity contribution < 1.29 is 4.79 Å². The second kappa shape index (κ2) is 7.85. The van der Waals surface area contributed by atoms with Gasteiger partial charge in [-0.05, 0) is 38.0 Å². The summed E-state index contributed by atoms with van der Waals surface area (Å²) in [7, 11) is 0. The number of carbonyl (C=O) groups is 1. The van der Waals surface area contributed by atoms with E-state index >= 15 is 0 Å². The van der Waals surface area contributed by atoms with Crippen molar-refractivity contribution in [3.05, 3.63) is 51.1 Å². The smallest absolute Gasteiger partial charge is 0.230 e. The highest BCUT2D eigenvalue weighted by molar-refractivity contribution is 9.10. The molecule has 0 spiro atoms. The third kappa shape index (κ3) is 4.04. The van der Waals surface area contributed by atoms with Gasteiger partial charge in [0.25, 0.3) is 0 Å². The largest absolute Gasteiger partial charge is 0.349 e. The molecule has 0 radical (unpaired) electrons. The normalized spacial score (nSPS) is 12.3. The number of aromatic nitrogens is 2. The first-order valence-electron chi connectivity index (χ1n) is 7.84. The van der Waals surface area contributed by atoms with Gasteiger partial charge in [-0.3, -0.25) is 4.79 Å². The van der Waals surface area contributed by atoms with Gasteiger partial charge in [0.15, 0.2) is 0 Å². The van der Waals surface area contributed by atoms with Crippen LogP contribution in [0.4, 0.5) is 0 Å². The Balaban J connectivity index is 1.68. The maximum absolute atomic E-state index is 12.3. The van der Waals surface area contributed by atoms with Crippen LogP contribution in [0.3, 0.4) is 0 Å². The average molecular weight is 436 g/mol. The summed E-state index contributed by atoms with van der Waals surface area (Å²) in [5, 5.41) is 4.99. The van der Waals surface area contributed by atoms with Crippen LogP contribution in [0, 0.1) is 13.8 Å². The Morgan fingerprint density at radius 2 is 2.08 bits per heavy atom. The van der Waals surface area contributed by atoms with Crippen LogP contribution in [0.1, 0.15) is 29.0 Å². The predicted molar refractivity (Wildman–Crippen MR) is 108 cm³/mol. The van der Waals surface area contributed by atoms with E-state index < -0.39 is 0 Å². The number of thiophene rings is 1. The molecule has 0 bridgehead atoms. The first-order chi connectivity index (χ1) is 12.0. The summed E-state index contributed by atoms with van der Waals surface area (Å²) >= 11 is 6.65. The van der Waals surface area contributed by atoms with Gasteiger partial charge in [-0.1, -0.05) is 45.9 Å². The maximum Gasteiger partial charge on any atom is 0.230 e. The van der Waals surface area contributed by atoms with Crippen LogP contribution < -0.4 is 5.32 Å². The zero-order valence-electron chi connectivity index (χ0n) is 14.2. The molecule has 130 valence electrons. The SMILES string of the molecule is Cc1sc2ncnc(SCC(=O)NC(C)c3ccccc3Br)c2c1C. The minimum Gasteiger partial charge on any atom is -0.349 e. The van der Waals surface area contributed by atoms with E-state index in [1.807, 2.05) is 31.2 Å². The lowest BCUT2D eigenvalue weighted by atomic mass is 10.1. The number of amides is 1. The summed E-state index contributed by atoms with van der Waals surface area (Å²) in [5.41, 5.74) is 2.26. The van der Waals surface area contributed by atoms with E-state index in [0.717, 1.165) is 25.3 Å². The Morgan fingerprint density at radius 1 is 1.32 bits per heavy atom. The molecule has 3 aromatic rings. The molecule has 0 saturated carbocycles. The molecule has 1 N–H and O–H groups in total. The summed E-state index contributed by atoms with van der Waals surface area (Å²) in [6.07, 6.45) is 1.57. The topological polar surface area (TPSA) is 54.9 Å². The fourth-order valence-electron chi connectivity index (χ4n) is 2.58. The Hall–Kier alpha value is -1.44. The molecule has 2 heterocycles.